The van der Waals surface area contributed by atoms with Crippen molar-refractivity contribution in [1.82, 2.24) is 0 Å². The van der Waals surface area contributed by atoms with E-state index in [9.17, 15) is 39.6 Å². The van der Waals surface area contributed by atoms with E-state index in [0.29, 0.717) is 10.8 Å². The van der Waals surface area contributed by atoms with Crippen molar-refractivity contribution in [2.45, 2.75) is 0 Å². The van der Waals surface area contributed by atoms with Gasteiger partial charge in [0.2, 0.25) is 0 Å². The van der Waals surface area contributed by atoms with E-state index in [1.165, 1.54) is 70.8 Å². The number of aromatic amines is 4. The molecule has 4 aromatic carbocycles. The number of carboxylic acid groups (broad SMARTS) is 4. The van der Waals surface area contributed by atoms with Crippen LogP contribution in [-0.2, 0) is 0 Å². The summed E-state index contributed by atoms with van der Waals surface area (Å²) in [4.78, 5) is 55.5. The Morgan fingerprint density at radius 3 is 0.900 bits per heavy atom. The second kappa shape index (κ2) is 21.6. The van der Waals surface area contributed by atoms with E-state index in [0.717, 1.165) is 0 Å². The molecule has 0 radical (unpaired) electrons. The van der Waals surface area contributed by atoms with Crippen LogP contribution in [0.2, 0.25) is 0 Å². The largest absolute Gasteiger partial charge is 0.545 e. The molecule has 60 heavy (non-hydrogen) atoms. The van der Waals surface area contributed by atoms with Crippen LogP contribution >= 0.6 is 0 Å². The maximum Gasteiger partial charge on any atom is 0.174 e. The Morgan fingerprint density at radius 1 is 0.333 bits per heavy atom. The maximum atomic E-state index is 10.9. The molecule has 0 unspecified atom stereocenters. The van der Waals surface area contributed by atoms with Crippen molar-refractivity contribution in [2.75, 3.05) is 0 Å². The second-order valence-corrected chi connectivity index (χ2v) is 12.6. The van der Waals surface area contributed by atoms with Gasteiger partial charge in [0.1, 0.15) is 0 Å². The molecule has 4 heterocycles. The number of carbonyl (C=O) groups is 4. The fourth-order valence-electron chi connectivity index (χ4n) is 5.79. The fourth-order valence-corrected chi connectivity index (χ4v) is 5.79. The van der Waals surface area contributed by atoms with Crippen molar-refractivity contribution < 1.29 is 59.5 Å². The van der Waals surface area contributed by atoms with E-state index in [1.807, 2.05) is 86.0 Å². The first kappa shape index (κ1) is 42.5. The normalized spacial score (nSPS) is 10.4. The van der Waals surface area contributed by atoms with E-state index in [1.54, 1.807) is 24.3 Å². The predicted octanol–water partition coefficient (Wildman–Crippen LogP) is 2.10. The molecule has 0 fully saturated rings. The fraction of sp³-hybridized carbons (Fsp3) is 0. The van der Waals surface area contributed by atoms with Crippen LogP contribution in [0, 0.1) is 0 Å². The molecular formula is C48H36N4O8. The Hall–Kier alpha value is -8.64. The summed E-state index contributed by atoms with van der Waals surface area (Å²) in [7, 11) is 0. The molecule has 0 spiro atoms. The van der Waals surface area contributed by atoms with Gasteiger partial charge in [0.05, 0.1) is 23.9 Å². The Kier molecular flexibility index (Phi) is 15.3. The molecule has 0 aliphatic heterocycles. The van der Waals surface area contributed by atoms with Gasteiger partial charge in [-0.25, -0.2) is 19.9 Å². The molecule has 0 atom stereocenters. The minimum atomic E-state index is -1.40. The van der Waals surface area contributed by atoms with Gasteiger partial charge >= 0.3 is 0 Å². The molecule has 8 rings (SSSR count). The number of carbonyl (C=O) groups excluding carboxylic acids is 4. The zero-order chi connectivity index (χ0) is 42.7. The number of benzene rings is 4. The highest BCUT2D eigenvalue weighted by molar-refractivity contribution is 6.12. The predicted molar refractivity (Wildman–Crippen MR) is 215 cm³/mol. The molecular weight excluding hydrogens is 761 g/mol. The Bertz CT molecular complexity index is 2390. The lowest BCUT2D eigenvalue weighted by atomic mass is 9.99. The maximum absolute atomic E-state index is 10.9. The number of carboxylic acids is 4. The molecule has 296 valence electrons. The topological polar surface area (TPSA) is 217 Å². The number of fused-ring (bicyclic) bond motifs is 2. The molecule has 0 amide bonds. The molecule has 12 nitrogen and oxygen atoms in total. The first-order chi connectivity index (χ1) is 29.1. The quantitative estimate of drug-likeness (QED) is 0.221. The zero-order valence-electron chi connectivity index (χ0n) is 31.7. The van der Waals surface area contributed by atoms with Crippen molar-refractivity contribution in [2.24, 2.45) is 0 Å². The van der Waals surface area contributed by atoms with Crippen LogP contribution in [0.1, 0.15) is 63.7 Å². The van der Waals surface area contributed by atoms with Crippen molar-refractivity contribution >= 4 is 69.7 Å². The third kappa shape index (κ3) is 12.2. The van der Waals surface area contributed by atoms with E-state index >= 15 is 0 Å². The van der Waals surface area contributed by atoms with Gasteiger partial charge in [0.15, 0.2) is 49.6 Å². The van der Waals surface area contributed by atoms with Crippen molar-refractivity contribution in [3.8, 4) is 0 Å². The molecule has 0 bridgehead atoms. The Labute approximate surface area is 343 Å². The number of pyridine rings is 4. The number of rotatable bonds is 8. The van der Waals surface area contributed by atoms with Crippen molar-refractivity contribution in [3.05, 3.63) is 215 Å². The smallest absolute Gasteiger partial charge is 0.174 e. The van der Waals surface area contributed by atoms with Gasteiger partial charge < -0.3 is 39.6 Å². The lowest BCUT2D eigenvalue weighted by Crippen LogP contribution is -2.26. The highest BCUT2D eigenvalue weighted by Gasteiger charge is 2.08. The van der Waals surface area contributed by atoms with E-state index in [2.05, 4.69) is 56.4 Å². The van der Waals surface area contributed by atoms with Gasteiger partial charge in [-0.1, -0.05) is 84.9 Å². The van der Waals surface area contributed by atoms with Gasteiger partial charge in [-0.3, -0.25) is 0 Å². The summed E-state index contributed by atoms with van der Waals surface area (Å²) >= 11 is 0. The van der Waals surface area contributed by atoms with Crippen LogP contribution in [0.25, 0.3) is 45.8 Å². The lowest BCUT2D eigenvalue weighted by molar-refractivity contribution is -0.378. The number of nitrogens with one attached hydrogen (secondary N) is 4. The number of aromatic nitrogens is 4. The Balaban J connectivity index is 0.000000152. The third-order valence-electron chi connectivity index (χ3n) is 8.58. The van der Waals surface area contributed by atoms with Crippen LogP contribution in [0.3, 0.4) is 0 Å². The van der Waals surface area contributed by atoms with Crippen LogP contribution in [0.5, 0.6) is 0 Å². The van der Waals surface area contributed by atoms with E-state index < -0.39 is 23.9 Å². The van der Waals surface area contributed by atoms with Crippen LogP contribution in [0.4, 0.5) is 0 Å². The molecule has 0 saturated heterocycles. The summed E-state index contributed by atoms with van der Waals surface area (Å²) in [5.74, 6) is -5.61. The van der Waals surface area contributed by atoms with Gasteiger partial charge in [-0.15, -0.1) is 0 Å². The SMILES string of the molecule is C(=C\c1ccc[nH+]c1)/c1cc[nH+]cc1.C(=C\c1ccc[nH+]c1)/c1cc[nH+]cc1.O=C([O-])c1cccc2cccc(C(=O)[O-])c12.O=C([O-])c1cccc2cccc(C(=O)[O-])c12. The number of aromatic carboxylic acids is 4. The molecule has 8 aromatic rings. The van der Waals surface area contributed by atoms with Crippen LogP contribution in [-0.4, -0.2) is 23.9 Å². The molecule has 0 aliphatic rings. The van der Waals surface area contributed by atoms with Crippen LogP contribution < -0.4 is 40.4 Å². The first-order valence-electron chi connectivity index (χ1n) is 18.2. The second-order valence-electron chi connectivity index (χ2n) is 12.6. The molecule has 0 saturated carbocycles. The molecule has 0 aliphatic carbocycles. The highest BCUT2D eigenvalue weighted by Crippen LogP contribution is 2.23. The summed E-state index contributed by atoms with van der Waals surface area (Å²) in [6, 6.07) is 34.1. The average molecular weight is 797 g/mol. The summed E-state index contributed by atoms with van der Waals surface area (Å²) in [5, 5.41) is 44.8. The monoisotopic (exact) mass is 796 g/mol. The minimum absolute atomic E-state index is 0.141. The number of hydrogen-bond donors (Lipinski definition) is 0. The summed E-state index contributed by atoms with van der Waals surface area (Å²) in [5.41, 5.74) is 4.14. The van der Waals surface area contributed by atoms with Gasteiger partial charge in [0, 0.05) is 69.8 Å². The van der Waals surface area contributed by atoms with Crippen molar-refractivity contribution in [3.63, 3.8) is 0 Å². The van der Waals surface area contributed by atoms with Gasteiger partial charge in [-0.05, 0) is 57.0 Å². The standard InChI is InChI=1S/2C12H10N2.2C12H8O4/c2*1-2-12(10-14-7-1)4-3-11-5-8-13-9-6-11;2*13-11(14)8-5-1-3-7-4-2-6-9(10(7)8)12(15)16/h2*1-10H;2*1-6H,(H,13,14)(H,15,16)/b2*4-3+;;. The summed E-state index contributed by atoms with van der Waals surface area (Å²) in [6.45, 7) is 0. The first-order valence-corrected chi connectivity index (χ1v) is 18.2. The molecule has 12 heteroatoms. The minimum Gasteiger partial charge on any atom is -0.545 e. The van der Waals surface area contributed by atoms with Gasteiger partial charge in [0.25, 0.3) is 0 Å². The van der Waals surface area contributed by atoms with Crippen molar-refractivity contribution in [1.29, 1.82) is 0 Å². The lowest BCUT2D eigenvalue weighted by Gasteiger charge is -2.12. The van der Waals surface area contributed by atoms with E-state index in [4.69, 9.17) is 0 Å². The zero-order valence-corrected chi connectivity index (χ0v) is 31.7. The molecule has 4 aromatic heterocycles. The number of hydrogen-bond acceptors (Lipinski definition) is 8. The number of H-pyrrole nitrogens is 4. The average Bonchev–Trinajstić information content (AvgIpc) is 3.28. The summed E-state index contributed by atoms with van der Waals surface area (Å²) in [6.07, 6.45) is 23.7. The summed E-state index contributed by atoms with van der Waals surface area (Å²) < 4.78 is 0. The van der Waals surface area contributed by atoms with E-state index in [-0.39, 0.29) is 33.0 Å². The van der Waals surface area contributed by atoms with Crippen LogP contribution in [0.15, 0.2) is 171 Å². The molecule has 4 N–H and O–H groups in total. The highest BCUT2D eigenvalue weighted by atomic mass is 16.4. The Morgan fingerprint density at radius 2 is 0.633 bits per heavy atom. The third-order valence-corrected chi connectivity index (χ3v) is 8.58. The van der Waals surface area contributed by atoms with Gasteiger partial charge in [-0.2, -0.15) is 0 Å².